The van der Waals surface area contributed by atoms with Crippen molar-refractivity contribution < 1.29 is 21.4 Å². The number of likely N-dealkylation sites (N-methyl/N-ethyl adjacent to an activating group) is 1. The van der Waals surface area contributed by atoms with Gasteiger partial charge in [0.05, 0.1) is 26.8 Å². The highest BCUT2D eigenvalue weighted by molar-refractivity contribution is 7.90. The minimum absolute atomic E-state index is 0.0666. The van der Waals surface area contributed by atoms with Crippen LogP contribution in [0.4, 0.5) is 0 Å². The minimum atomic E-state index is -4.02. The van der Waals surface area contributed by atoms with E-state index in [9.17, 15) is 22.1 Å². The standard InChI is InChI=1S/C31H31N3O2S.C7H8O3S/c1-31(2,21-32)27-18-25-10-7-15-33-30(25)29(19-27)24-9-6-8-22(16-24)17-26(20-34(3)4)23-11-13-28(14-12-23)37(5,35)36;1-6-2-4-7(5-3-6)11(8,9)10/h6-19H,20H2,1-5H3;2-5H,1H3,(H,8,9,10)/b26-17+;. The van der Waals surface area contributed by atoms with E-state index in [4.69, 9.17) is 4.55 Å². The van der Waals surface area contributed by atoms with Gasteiger partial charge >= 0.3 is 0 Å². The number of benzene rings is 4. The zero-order valence-electron chi connectivity index (χ0n) is 27.8. The molecule has 0 aliphatic carbocycles. The molecule has 0 aliphatic rings. The highest BCUT2D eigenvalue weighted by atomic mass is 32.2. The predicted octanol–water partition coefficient (Wildman–Crippen LogP) is 7.45. The topological polar surface area (TPSA) is 128 Å². The van der Waals surface area contributed by atoms with Crippen molar-refractivity contribution in [3.05, 3.63) is 126 Å². The van der Waals surface area contributed by atoms with Crippen LogP contribution in [0.3, 0.4) is 0 Å². The molecule has 0 saturated heterocycles. The van der Waals surface area contributed by atoms with E-state index in [1.165, 1.54) is 18.4 Å². The van der Waals surface area contributed by atoms with E-state index in [-0.39, 0.29) is 4.90 Å². The summed E-state index contributed by atoms with van der Waals surface area (Å²) in [6, 6.07) is 31.8. The Kier molecular flexibility index (Phi) is 11.0. The molecule has 248 valence electrons. The van der Waals surface area contributed by atoms with Crippen LogP contribution in [0.25, 0.3) is 33.7 Å². The number of hydrogen-bond donors (Lipinski definition) is 1. The van der Waals surface area contributed by atoms with Gasteiger partial charge in [-0.1, -0.05) is 54.1 Å². The molecule has 0 amide bonds. The second kappa shape index (κ2) is 14.6. The Morgan fingerprint density at radius 3 is 2.12 bits per heavy atom. The van der Waals surface area contributed by atoms with Gasteiger partial charge in [0.2, 0.25) is 0 Å². The number of fused-ring (bicyclic) bond motifs is 1. The lowest BCUT2D eigenvalue weighted by atomic mass is 9.83. The molecular weight excluding hydrogens is 643 g/mol. The van der Waals surface area contributed by atoms with Crippen LogP contribution in [-0.4, -0.2) is 58.2 Å². The fourth-order valence-electron chi connectivity index (χ4n) is 5.02. The van der Waals surface area contributed by atoms with Crippen molar-refractivity contribution in [3.63, 3.8) is 0 Å². The van der Waals surface area contributed by atoms with Crippen LogP contribution >= 0.6 is 0 Å². The Hall–Kier alpha value is -4.66. The maximum Gasteiger partial charge on any atom is 0.294 e. The van der Waals surface area contributed by atoms with Gasteiger partial charge in [-0.2, -0.15) is 13.7 Å². The van der Waals surface area contributed by atoms with Crippen LogP contribution in [0.2, 0.25) is 0 Å². The number of hydrogen-bond acceptors (Lipinski definition) is 7. The molecule has 0 saturated carbocycles. The maximum atomic E-state index is 11.9. The zero-order valence-corrected chi connectivity index (χ0v) is 29.5. The molecule has 0 fully saturated rings. The van der Waals surface area contributed by atoms with Gasteiger partial charge in [0.25, 0.3) is 10.1 Å². The van der Waals surface area contributed by atoms with Crippen LogP contribution in [-0.2, 0) is 25.4 Å². The summed E-state index contributed by atoms with van der Waals surface area (Å²) in [5.74, 6) is 0. The third-order valence-corrected chi connectivity index (χ3v) is 9.70. The molecule has 8 nitrogen and oxygen atoms in total. The smallest absolute Gasteiger partial charge is 0.294 e. The third kappa shape index (κ3) is 9.24. The molecule has 0 spiro atoms. The monoisotopic (exact) mass is 681 g/mol. The molecule has 0 radical (unpaired) electrons. The van der Waals surface area contributed by atoms with Crippen molar-refractivity contribution in [1.29, 1.82) is 5.26 Å². The lowest BCUT2D eigenvalue weighted by molar-refractivity contribution is 0.463. The van der Waals surface area contributed by atoms with E-state index < -0.39 is 25.4 Å². The molecule has 10 heteroatoms. The van der Waals surface area contributed by atoms with E-state index in [0.717, 1.165) is 49.9 Å². The summed E-state index contributed by atoms with van der Waals surface area (Å²) >= 11 is 0. The Bertz CT molecular complexity index is 2220. The molecule has 1 aromatic heterocycles. The lowest BCUT2D eigenvalue weighted by Crippen LogP contribution is -2.14. The van der Waals surface area contributed by atoms with E-state index in [0.29, 0.717) is 11.4 Å². The summed E-state index contributed by atoms with van der Waals surface area (Å²) in [6.45, 7) is 6.39. The molecule has 1 N–H and O–H groups in total. The predicted molar refractivity (Wildman–Crippen MR) is 193 cm³/mol. The maximum absolute atomic E-state index is 11.9. The van der Waals surface area contributed by atoms with Gasteiger partial charge in [-0.05, 0) is 117 Å². The summed E-state index contributed by atoms with van der Waals surface area (Å²) in [4.78, 5) is 6.99. The van der Waals surface area contributed by atoms with Gasteiger partial charge in [-0.25, -0.2) is 8.42 Å². The molecule has 5 aromatic rings. The summed E-state index contributed by atoms with van der Waals surface area (Å²) in [5, 5.41) is 10.8. The first-order valence-electron chi connectivity index (χ1n) is 15.1. The SMILES string of the molecule is CN(C)C/C(=C\c1cccc(-c2cc(C(C)(C)C#N)cc3cccnc23)c1)c1ccc(S(C)(=O)=O)cc1.Cc1ccc(S(=O)(=O)O)cc1. The molecular formula is C38H39N3O5S2. The normalized spacial score (nSPS) is 12.4. The molecule has 1 heterocycles. The first-order chi connectivity index (χ1) is 22.5. The lowest BCUT2D eigenvalue weighted by Gasteiger charge is -2.19. The Labute approximate surface area is 283 Å². The first kappa shape index (κ1) is 36.2. The largest absolute Gasteiger partial charge is 0.305 e. The van der Waals surface area contributed by atoms with E-state index in [1.807, 2.05) is 71.3 Å². The fraction of sp³-hybridized carbons (Fsp3) is 0.211. The van der Waals surface area contributed by atoms with Crippen molar-refractivity contribution in [2.75, 3.05) is 26.9 Å². The van der Waals surface area contributed by atoms with Crippen LogP contribution in [0.1, 0.15) is 36.1 Å². The van der Waals surface area contributed by atoms with Crippen molar-refractivity contribution in [1.82, 2.24) is 9.88 Å². The van der Waals surface area contributed by atoms with Crippen LogP contribution in [0.5, 0.6) is 0 Å². The fourth-order valence-corrected chi connectivity index (χ4v) is 6.13. The van der Waals surface area contributed by atoms with Gasteiger partial charge in [0.15, 0.2) is 9.84 Å². The van der Waals surface area contributed by atoms with Crippen LogP contribution in [0.15, 0.2) is 113 Å². The van der Waals surface area contributed by atoms with E-state index >= 15 is 0 Å². The van der Waals surface area contributed by atoms with Crippen molar-refractivity contribution in [2.24, 2.45) is 0 Å². The van der Waals surface area contributed by atoms with Crippen molar-refractivity contribution >= 4 is 42.5 Å². The summed E-state index contributed by atoms with van der Waals surface area (Å²) in [5.41, 5.74) is 7.24. The van der Waals surface area contributed by atoms with Crippen LogP contribution in [0, 0.1) is 18.3 Å². The summed E-state index contributed by atoms with van der Waals surface area (Å²) in [6.07, 6.45) is 5.15. The number of aromatic nitrogens is 1. The number of nitriles is 1. The van der Waals surface area contributed by atoms with Gasteiger partial charge in [-0.15, -0.1) is 0 Å². The third-order valence-electron chi connectivity index (χ3n) is 7.70. The van der Waals surface area contributed by atoms with Gasteiger partial charge < -0.3 is 4.90 Å². The highest BCUT2D eigenvalue weighted by Crippen LogP contribution is 2.34. The van der Waals surface area contributed by atoms with Crippen LogP contribution < -0.4 is 0 Å². The van der Waals surface area contributed by atoms with Gasteiger partial charge in [0.1, 0.15) is 0 Å². The number of rotatable bonds is 8. The Balaban J connectivity index is 0.000000401. The first-order valence-corrected chi connectivity index (χ1v) is 18.4. The van der Waals surface area contributed by atoms with Gasteiger partial charge in [0, 0.05) is 29.9 Å². The quantitative estimate of drug-likeness (QED) is 0.132. The summed E-state index contributed by atoms with van der Waals surface area (Å²) in [7, 11) is -3.25. The molecule has 0 atom stereocenters. The van der Waals surface area contributed by atoms with E-state index in [1.54, 1.807) is 30.5 Å². The number of pyridine rings is 1. The van der Waals surface area contributed by atoms with Crippen molar-refractivity contribution in [2.45, 2.75) is 36.0 Å². The Morgan fingerprint density at radius 1 is 0.896 bits per heavy atom. The van der Waals surface area contributed by atoms with Gasteiger partial charge in [-0.3, -0.25) is 9.54 Å². The second-order valence-electron chi connectivity index (χ2n) is 12.5. The molecule has 5 rings (SSSR count). The molecule has 0 aliphatic heterocycles. The average molecular weight is 682 g/mol. The zero-order chi connectivity index (χ0) is 35.3. The molecule has 0 bridgehead atoms. The number of nitrogens with zero attached hydrogens (tertiary/aromatic N) is 3. The number of sulfone groups is 1. The Morgan fingerprint density at radius 2 is 1.54 bits per heavy atom. The molecule has 4 aromatic carbocycles. The van der Waals surface area contributed by atoms with E-state index in [2.05, 4.69) is 46.3 Å². The second-order valence-corrected chi connectivity index (χ2v) is 15.9. The molecule has 0 unspecified atom stereocenters. The highest BCUT2D eigenvalue weighted by Gasteiger charge is 2.22. The summed E-state index contributed by atoms with van der Waals surface area (Å²) < 4.78 is 53.4. The average Bonchev–Trinajstić information content (AvgIpc) is 3.03. The van der Waals surface area contributed by atoms with Crippen molar-refractivity contribution in [3.8, 4) is 17.2 Å². The molecule has 48 heavy (non-hydrogen) atoms. The number of aryl methyl sites for hydroxylation is 1. The minimum Gasteiger partial charge on any atom is -0.305 e.